The van der Waals surface area contributed by atoms with Crippen molar-refractivity contribution in [2.45, 2.75) is 32.0 Å². The summed E-state index contributed by atoms with van der Waals surface area (Å²) in [6.45, 7) is 1.95. The number of carboxylic acids is 1. The van der Waals surface area contributed by atoms with Crippen molar-refractivity contribution < 1.29 is 37.8 Å². The van der Waals surface area contributed by atoms with E-state index >= 15 is 0 Å². The number of ether oxygens (including phenoxy) is 1. The van der Waals surface area contributed by atoms with Crippen molar-refractivity contribution in [3.63, 3.8) is 0 Å². The lowest BCUT2D eigenvalue weighted by Gasteiger charge is -2.43. The van der Waals surface area contributed by atoms with E-state index in [-0.39, 0.29) is 24.2 Å². The zero-order valence-electron chi connectivity index (χ0n) is 22.5. The maximum absolute atomic E-state index is 14.0. The van der Waals surface area contributed by atoms with Crippen molar-refractivity contribution in [1.29, 1.82) is 0 Å². The second-order valence-corrected chi connectivity index (χ2v) is 9.66. The lowest BCUT2D eigenvalue weighted by Crippen LogP contribution is -2.63. The van der Waals surface area contributed by atoms with Crippen LogP contribution in [-0.2, 0) is 9.59 Å². The van der Waals surface area contributed by atoms with Crippen LogP contribution >= 0.6 is 0 Å². The van der Waals surface area contributed by atoms with Crippen LogP contribution in [0.1, 0.15) is 50.7 Å². The van der Waals surface area contributed by atoms with Gasteiger partial charge in [0.2, 0.25) is 0 Å². The molecule has 1 fully saturated rings. The van der Waals surface area contributed by atoms with E-state index in [1.165, 1.54) is 24.1 Å². The first kappa shape index (κ1) is 29.2. The summed E-state index contributed by atoms with van der Waals surface area (Å²) in [5.41, 5.74) is 1.36. The Bertz CT molecular complexity index is 1480. The van der Waals surface area contributed by atoms with Crippen LogP contribution in [0.15, 0.2) is 66.7 Å². The summed E-state index contributed by atoms with van der Waals surface area (Å²) >= 11 is 0. The topological polar surface area (TPSA) is 116 Å². The number of amides is 3. The number of aliphatic carboxylic acids is 1. The molecule has 0 saturated carbocycles. The van der Waals surface area contributed by atoms with E-state index in [4.69, 9.17) is 4.74 Å². The fraction of sp³-hybridized carbons (Fsp3) is 0.267. The molecule has 3 aromatic rings. The zero-order valence-corrected chi connectivity index (χ0v) is 22.5. The quantitative estimate of drug-likeness (QED) is 0.428. The molecule has 0 aromatic heterocycles. The van der Waals surface area contributed by atoms with Gasteiger partial charge in [-0.15, -0.1) is 0 Å². The van der Waals surface area contributed by atoms with Gasteiger partial charge < -0.3 is 25.0 Å². The third kappa shape index (κ3) is 6.68. The smallest absolute Gasteiger partial charge is 0.305 e. The van der Waals surface area contributed by atoms with Gasteiger partial charge in [0.05, 0.1) is 19.6 Å². The third-order valence-electron chi connectivity index (χ3n) is 6.77. The largest absolute Gasteiger partial charge is 0.497 e. The predicted octanol–water partition coefficient (Wildman–Crippen LogP) is 3.93. The van der Waals surface area contributed by atoms with E-state index in [0.717, 1.165) is 28.7 Å². The van der Waals surface area contributed by atoms with Gasteiger partial charge in [-0.3, -0.25) is 19.2 Å². The molecule has 0 radical (unpaired) electrons. The van der Waals surface area contributed by atoms with Crippen LogP contribution in [0.25, 0.3) is 0 Å². The summed E-state index contributed by atoms with van der Waals surface area (Å²) in [7, 11) is 1.44. The highest BCUT2D eigenvalue weighted by atomic mass is 19.2. The molecule has 0 spiro atoms. The molecule has 2 N–H and O–H groups in total. The van der Waals surface area contributed by atoms with Crippen LogP contribution in [0.5, 0.6) is 5.75 Å². The van der Waals surface area contributed by atoms with Crippen LogP contribution in [0.4, 0.5) is 8.78 Å². The van der Waals surface area contributed by atoms with Gasteiger partial charge in [0.25, 0.3) is 17.7 Å². The summed E-state index contributed by atoms with van der Waals surface area (Å²) in [5.74, 6) is -5.30. The Morgan fingerprint density at radius 3 is 2.20 bits per heavy atom. The van der Waals surface area contributed by atoms with Crippen LogP contribution in [-0.4, -0.2) is 65.0 Å². The highest BCUT2D eigenvalue weighted by Gasteiger charge is 2.42. The molecule has 41 heavy (non-hydrogen) atoms. The average molecular weight is 566 g/mol. The number of carbonyl (C=O) groups is 4. The molecule has 1 aliphatic heterocycles. The molecule has 1 aliphatic rings. The molecule has 2 atom stereocenters. The Morgan fingerprint density at radius 1 is 0.927 bits per heavy atom. The van der Waals surface area contributed by atoms with Crippen molar-refractivity contribution in [2.75, 3.05) is 20.2 Å². The molecule has 4 rings (SSSR count). The number of methoxy groups -OCH3 is 1. The first-order chi connectivity index (χ1) is 19.6. The number of aryl methyl sites for hydroxylation is 1. The Morgan fingerprint density at radius 2 is 1.59 bits per heavy atom. The molecule has 3 amide bonds. The second-order valence-electron chi connectivity index (χ2n) is 9.66. The van der Waals surface area contributed by atoms with Crippen LogP contribution in [0.2, 0.25) is 0 Å². The number of carbonyl (C=O) groups excluding carboxylic acids is 3. The van der Waals surface area contributed by atoms with Gasteiger partial charge in [0.15, 0.2) is 17.8 Å². The molecular weight excluding hydrogens is 536 g/mol. The minimum atomic E-state index is -1.51. The molecule has 3 aromatic carbocycles. The number of benzene rings is 3. The van der Waals surface area contributed by atoms with Gasteiger partial charge >= 0.3 is 5.97 Å². The Hall–Kier alpha value is -4.80. The first-order valence-electron chi connectivity index (χ1n) is 12.9. The molecule has 11 heteroatoms. The molecule has 0 bridgehead atoms. The number of nitrogens with zero attached hydrogens (tertiary/aromatic N) is 2. The Balaban J connectivity index is 1.74. The van der Waals surface area contributed by atoms with Gasteiger partial charge in [-0.1, -0.05) is 35.9 Å². The van der Waals surface area contributed by atoms with E-state index in [1.54, 1.807) is 30.3 Å². The van der Waals surface area contributed by atoms with Gasteiger partial charge in [-0.2, -0.15) is 0 Å². The minimum Gasteiger partial charge on any atom is -0.497 e. The van der Waals surface area contributed by atoms with Crippen molar-refractivity contribution in [2.24, 2.45) is 0 Å². The summed E-state index contributed by atoms with van der Waals surface area (Å²) < 4.78 is 32.8. The van der Waals surface area contributed by atoms with Crippen LogP contribution in [0, 0.1) is 18.6 Å². The molecule has 1 heterocycles. The normalized spacial score (nSPS) is 15.7. The number of carboxylic acid groups (broad SMARTS) is 1. The summed E-state index contributed by atoms with van der Waals surface area (Å²) in [4.78, 5) is 55.2. The van der Waals surface area contributed by atoms with E-state index in [1.807, 2.05) is 13.0 Å². The Kier molecular flexibility index (Phi) is 8.96. The monoisotopic (exact) mass is 565 g/mol. The van der Waals surface area contributed by atoms with E-state index in [0.29, 0.717) is 17.7 Å². The van der Waals surface area contributed by atoms with Gasteiger partial charge in [0, 0.05) is 24.2 Å². The number of rotatable bonds is 8. The van der Waals surface area contributed by atoms with Gasteiger partial charge in [-0.05, 0) is 55.3 Å². The van der Waals surface area contributed by atoms with Gasteiger partial charge in [0.1, 0.15) is 5.75 Å². The first-order valence-corrected chi connectivity index (χ1v) is 12.9. The zero-order chi connectivity index (χ0) is 29.7. The van der Waals surface area contributed by atoms with Crippen molar-refractivity contribution in [3.8, 4) is 5.75 Å². The molecular formula is C30H29F2N3O6. The predicted molar refractivity (Wildman–Crippen MR) is 144 cm³/mol. The number of hydrogen-bond acceptors (Lipinski definition) is 5. The van der Waals surface area contributed by atoms with Crippen molar-refractivity contribution in [1.82, 2.24) is 15.1 Å². The third-order valence-corrected chi connectivity index (χ3v) is 6.77. The number of halogens is 2. The molecule has 0 aliphatic carbocycles. The summed E-state index contributed by atoms with van der Waals surface area (Å²) in [6.07, 6.45) is -1.67. The maximum Gasteiger partial charge on any atom is 0.305 e. The minimum absolute atomic E-state index is 0.0336. The highest BCUT2D eigenvalue weighted by molar-refractivity contribution is 6.01. The SMILES string of the molecule is COc1cccc(C(=O)N2CCCN(C(=O)c3ccc(F)c(F)c3)C2C(=O)NC(CC(=O)O)c2cccc(C)c2)c1. The fourth-order valence-corrected chi connectivity index (χ4v) is 4.81. The summed E-state index contributed by atoms with van der Waals surface area (Å²) in [5, 5.41) is 12.3. The van der Waals surface area contributed by atoms with E-state index in [2.05, 4.69) is 5.32 Å². The number of hydrogen-bond donors (Lipinski definition) is 2. The lowest BCUT2D eigenvalue weighted by atomic mass is 10.0. The van der Waals surface area contributed by atoms with Crippen LogP contribution in [0.3, 0.4) is 0 Å². The lowest BCUT2D eigenvalue weighted by molar-refractivity contribution is -0.138. The fourth-order valence-electron chi connectivity index (χ4n) is 4.81. The standard InChI is InChI=1S/C30H29F2N3O6/c1-18-6-3-7-19(14-18)25(17-26(36)37)33-27(38)28-34(29(39)20-8-4-9-22(15-20)41-2)12-5-13-35(28)30(40)21-10-11-23(31)24(32)16-21/h3-4,6-11,14-16,25,28H,5,12-13,17H2,1-2H3,(H,33,38)(H,36,37). The van der Waals surface area contributed by atoms with E-state index in [9.17, 15) is 33.1 Å². The van der Waals surface area contributed by atoms with Crippen LogP contribution < -0.4 is 10.1 Å². The maximum atomic E-state index is 14.0. The highest BCUT2D eigenvalue weighted by Crippen LogP contribution is 2.25. The molecule has 214 valence electrons. The second kappa shape index (κ2) is 12.6. The average Bonchev–Trinajstić information content (AvgIpc) is 2.96. The summed E-state index contributed by atoms with van der Waals surface area (Å²) in [6, 6.07) is 14.9. The number of nitrogens with one attached hydrogen (secondary N) is 1. The molecule has 9 nitrogen and oxygen atoms in total. The molecule has 1 saturated heterocycles. The van der Waals surface area contributed by atoms with E-state index < -0.39 is 54.0 Å². The Labute approximate surface area is 235 Å². The molecule has 2 unspecified atom stereocenters. The van der Waals surface area contributed by atoms with Gasteiger partial charge in [-0.25, -0.2) is 8.78 Å². The van der Waals surface area contributed by atoms with Crippen molar-refractivity contribution >= 4 is 23.7 Å². The van der Waals surface area contributed by atoms with Crippen molar-refractivity contribution in [3.05, 3.63) is 101 Å².